The van der Waals surface area contributed by atoms with Gasteiger partial charge >= 0.3 is 0 Å². The molecule has 2 heterocycles. The molecule has 0 bridgehead atoms. The minimum absolute atomic E-state index is 0.0228. The number of benzene rings is 3. The van der Waals surface area contributed by atoms with E-state index in [9.17, 15) is 4.79 Å². The van der Waals surface area contributed by atoms with Crippen LogP contribution in [0.2, 0.25) is 0 Å². The molecule has 1 amide bonds. The lowest BCUT2D eigenvalue weighted by Gasteiger charge is -2.14. The van der Waals surface area contributed by atoms with Crippen molar-refractivity contribution in [3.63, 3.8) is 0 Å². The maximum atomic E-state index is 15.2. The number of nitrogens with one attached hydrogen (secondary N) is 3. The Kier molecular flexibility index (Phi) is 7.35. The molecule has 0 spiro atoms. The third-order valence-electron chi connectivity index (χ3n) is 5.87. The first-order valence-electron chi connectivity index (χ1n) is 12.3. The number of aromatic amines is 1. The van der Waals surface area contributed by atoms with E-state index in [0.717, 1.165) is 5.56 Å². The largest absolute Gasteiger partial charge is 0.497 e. The van der Waals surface area contributed by atoms with E-state index in [1.165, 1.54) is 6.07 Å². The van der Waals surface area contributed by atoms with Gasteiger partial charge in [0.2, 0.25) is 0 Å². The van der Waals surface area contributed by atoms with E-state index < -0.39 is 5.82 Å². The molecule has 0 saturated heterocycles. The number of carbonyl (C=O) groups is 1. The molecule has 0 aliphatic carbocycles. The number of nitrogens with zero attached hydrogens (tertiary/aromatic N) is 3. The number of hydrogen-bond donors (Lipinski definition) is 3. The molecule has 0 saturated carbocycles. The number of methoxy groups -OCH3 is 1. The van der Waals surface area contributed by atoms with E-state index in [4.69, 9.17) is 19.4 Å². The fraction of sp³-hybridized carbons (Fsp3) is 0.172. The van der Waals surface area contributed by atoms with Crippen LogP contribution in [-0.2, 0) is 4.79 Å². The zero-order valence-corrected chi connectivity index (χ0v) is 21.7. The zero-order chi connectivity index (χ0) is 27.4. The second-order valence-corrected chi connectivity index (χ2v) is 9.12. The SMILES string of the molecule is COc1ccc2nc(-c3cccc(OCC(=O)NC(C)C)c3)nc(Nc3ccc(-c4cn[nH]c4)cc3F)c2c1. The normalized spacial score (nSPS) is 11.0. The lowest BCUT2D eigenvalue weighted by atomic mass is 10.1. The van der Waals surface area contributed by atoms with Crippen LogP contribution in [0.15, 0.2) is 73.1 Å². The van der Waals surface area contributed by atoms with Gasteiger partial charge in [-0.3, -0.25) is 9.89 Å². The van der Waals surface area contributed by atoms with Gasteiger partial charge in [-0.2, -0.15) is 5.10 Å². The first-order valence-corrected chi connectivity index (χ1v) is 12.3. The fourth-order valence-corrected chi connectivity index (χ4v) is 4.03. The van der Waals surface area contributed by atoms with Crippen molar-refractivity contribution in [3.05, 3.63) is 78.9 Å². The summed E-state index contributed by atoms with van der Waals surface area (Å²) < 4.78 is 26.2. The van der Waals surface area contributed by atoms with E-state index in [1.807, 2.05) is 26.0 Å². The molecule has 198 valence electrons. The lowest BCUT2D eigenvalue weighted by Crippen LogP contribution is -2.34. The molecule has 0 radical (unpaired) electrons. The third kappa shape index (κ3) is 5.96. The molecule has 5 rings (SSSR count). The number of H-pyrrole nitrogens is 1. The molecule has 0 aliphatic rings. The topological polar surface area (TPSA) is 114 Å². The number of fused-ring (bicyclic) bond motifs is 1. The van der Waals surface area contributed by atoms with Gasteiger partial charge in [0.15, 0.2) is 12.4 Å². The quantitative estimate of drug-likeness (QED) is 0.233. The predicted molar refractivity (Wildman–Crippen MR) is 148 cm³/mol. The van der Waals surface area contributed by atoms with Crippen molar-refractivity contribution in [2.75, 3.05) is 19.0 Å². The Bertz CT molecular complexity index is 1620. The number of amides is 1. The number of halogens is 1. The van der Waals surface area contributed by atoms with Crippen molar-refractivity contribution in [1.29, 1.82) is 0 Å². The maximum Gasteiger partial charge on any atom is 0.258 e. The van der Waals surface area contributed by atoms with Crippen LogP contribution < -0.4 is 20.1 Å². The van der Waals surface area contributed by atoms with Crippen LogP contribution in [-0.4, -0.2) is 45.8 Å². The van der Waals surface area contributed by atoms with Gasteiger partial charge in [0.05, 0.1) is 24.5 Å². The molecule has 9 nitrogen and oxygen atoms in total. The highest BCUT2D eigenvalue weighted by Gasteiger charge is 2.14. The van der Waals surface area contributed by atoms with E-state index in [0.29, 0.717) is 45.2 Å². The van der Waals surface area contributed by atoms with Gasteiger partial charge in [-0.05, 0) is 61.9 Å². The highest BCUT2D eigenvalue weighted by Crippen LogP contribution is 2.32. The molecule has 3 N–H and O–H groups in total. The predicted octanol–water partition coefficient (Wildman–Crippen LogP) is 5.48. The summed E-state index contributed by atoms with van der Waals surface area (Å²) >= 11 is 0. The Morgan fingerprint density at radius 1 is 1.00 bits per heavy atom. The summed E-state index contributed by atoms with van der Waals surface area (Å²) in [6.07, 6.45) is 3.33. The van der Waals surface area contributed by atoms with Crippen molar-refractivity contribution < 1.29 is 18.7 Å². The Morgan fingerprint density at radius 2 is 1.87 bits per heavy atom. The lowest BCUT2D eigenvalue weighted by molar-refractivity contribution is -0.123. The highest BCUT2D eigenvalue weighted by atomic mass is 19.1. The highest BCUT2D eigenvalue weighted by molar-refractivity contribution is 5.93. The van der Waals surface area contributed by atoms with Crippen LogP contribution in [0, 0.1) is 5.82 Å². The van der Waals surface area contributed by atoms with E-state index in [-0.39, 0.29) is 24.2 Å². The summed E-state index contributed by atoms with van der Waals surface area (Å²) in [5.74, 6) is 1.28. The molecule has 0 aliphatic heterocycles. The molecular formula is C29H27FN6O3. The molecule has 0 unspecified atom stereocenters. The van der Waals surface area contributed by atoms with Crippen molar-refractivity contribution in [3.8, 4) is 34.0 Å². The number of aromatic nitrogens is 4. The van der Waals surface area contributed by atoms with E-state index in [1.54, 1.807) is 62.0 Å². The summed E-state index contributed by atoms with van der Waals surface area (Å²) in [4.78, 5) is 21.5. The van der Waals surface area contributed by atoms with E-state index in [2.05, 4.69) is 20.8 Å². The van der Waals surface area contributed by atoms with Crippen LogP contribution in [0.1, 0.15) is 13.8 Å². The summed E-state index contributed by atoms with van der Waals surface area (Å²) in [5.41, 5.74) is 3.04. The van der Waals surface area contributed by atoms with Crippen molar-refractivity contribution in [2.24, 2.45) is 0 Å². The summed E-state index contributed by atoms with van der Waals surface area (Å²) in [6.45, 7) is 3.66. The average Bonchev–Trinajstić information content (AvgIpc) is 3.48. The molecule has 5 aromatic rings. The molecule has 3 aromatic carbocycles. The van der Waals surface area contributed by atoms with Gasteiger partial charge < -0.3 is 20.1 Å². The zero-order valence-electron chi connectivity index (χ0n) is 21.7. The number of carbonyl (C=O) groups excluding carboxylic acids is 1. The number of anilines is 2. The first-order chi connectivity index (χ1) is 18.9. The fourth-order valence-electron chi connectivity index (χ4n) is 4.03. The van der Waals surface area contributed by atoms with Crippen LogP contribution in [0.5, 0.6) is 11.5 Å². The molecule has 0 fully saturated rings. The maximum absolute atomic E-state index is 15.2. The minimum atomic E-state index is -0.444. The van der Waals surface area contributed by atoms with Gasteiger partial charge in [0.1, 0.15) is 23.1 Å². The first kappa shape index (κ1) is 25.7. The molecule has 2 aromatic heterocycles. The van der Waals surface area contributed by atoms with Gasteiger partial charge in [0.25, 0.3) is 5.91 Å². The van der Waals surface area contributed by atoms with Crippen molar-refractivity contribution in [2.45, 2.75) is 19.9 Å². The molecular weight excluding hydrogens is 499 g/mol. The average molecular weight is 527 g/mol. The Balaban J connectivity index is 1.49. The van der Waals surface area contributed by atoms with Gasteiger partial charge in [-0.15, -0.1) is 0 Å². The number of ether oxygens (including phenoxy) is 2. The van der Waals surface area contributed by atoms with Gasteiger partial charge in [-0.1, -0.05) is 18.2 Å². The third-order valence-corrected chi connectivity index (χ3v) is 5.87. The van der Waals surface area contributed by atoms with Crippen molar-refractivity contribution >= 4 is 28.3 Å². The smallest absolute Gasteiger partial charge is 0.258 e. The summed E-state index contributed by atoms with van der Waals surface area (Å²) in [5, 5.41) is 13.2. The van der Waals surface area contributed by atoms with Crippen LogP contribution in [0.3, 0.4) is 0 Å². The Labute approximate surface area is 224 Å². The molecule has 39 heavy (non-hydrogen) atoms. The summed E-state index contributed by atoms with van der Waals surface area (Å²) in [6, 6.07) is 17.5. The van der Waals surface area contributed by atoms with Gasteiger partial charge in [0, 0.05) is 28.8 Å². The monoisotopic (exact) mass is 526 g/mol. The number of rotatable bonds is 9. The Morgan fingerprint density at radius 3 is 2.62 bits per heavy atom. The van der Waals surface area contributed by atoms with Crippen LogP contribution >= 0.6 is 0 Å². The number of hydrogen-bond acceptors (Lipinski definition) is 7. The second-order valence-electron chi connectivity index (χ2n) is 9.12. The van der Waals surface area contributed by atoms with Crippen LogP contribution in [0.25, 0.3) is 33.4 Å². The standard InChI is InChI=1S/C29H27FN6O3/c1-17(2)33-27(37)16-39-22-6-4-5-19(11-22)28-34-25-10-8-21(38-3)13-23(25)29(36-28)35-26-9-7-18(12-24(26)30)20-14-31-32-15-20/h4-15,17H,16H2,1-3H3,(H,31,32)(H,33,37)(H,34,35,36). The van der Waals surface area contributed by atoms with Crippen molar-refractivity contribution in [1.82, 2.24) is 25.5 Å². The second kappa shape index (κ2) is 11.2. The molecule has 0 atom stereocenters. The summed E-state index contributed by atoms with van der Waals surface area (Å²) in [7, 11) is 1.57. The van der Waals surface area contributed by atoms with Crippen LogP contribution in [0.4, 0.5) is 15.9 Å². The van der Waals surface area contributed by atoms with Gasteiger partial charge in [-0.25, -0.2) is 14.4 Å². The Hall–Kier alpha value is -4.99. The van der Waals surface area contributed by atoms with E-state index >= 15 is 4.39 Å². The molecule has 10 heteroatoms. The minimum Gasteiger partial charge on any atom is -0.497 e.